The molecular formula is C6H4ClF2IN2. The third-order valence-electron chi connectivity index (χ3n) is 1.25. The summed E-state index contributed by atoms with van der Waals surface area (Å²) in [5, 5.41) is -0.191. The van der Waals surface area contributed by atoms with Crippen LogP contribution in [-0.2, 0) is 0 Å². The highest BCUT2D eigenvalue weighted by atomic mass is 127. The van der Waals surface area contributed by atoms with E-state index < -0.39 is 6.43 Å². The van der Waals surface area contributed by atoms with Crippen LogP contribution in [0.5, 0.6) is 0 Å². The van der Waals surface area contributed by atoms with Crippen molar-refractivity contribution in [2.24, 2.45) is 0 Å². The van der Waals surface area contributed by atoms with Crippen LogP contribution in [0.3, 0.4) is 0 Å². The fraction of sp³-hybridized carbons (Fsp3) is 0.167. The Labute approximate surface area is 86.3 Å². The molecule has 1 aromatic rings. The number of hydrogen-bond acceptors (Lipinski definition) is 2. The van der Waals surface area contributed by atoms with E-state index in [1.807, 2.05) is 0 Å². The molecular weight excluding hydrogens is 300 g/mol. The molecule has 0 aliphatic heterocycles. The van der Waals surface area contributed by atoms with Gasteiger partial charge in [-0.05, 0) is 22.6 Å². The molecule has 0 aliphatic rings. The average molecular weight is 304 g/mol. The Kier molecular flexibility index (Phi) is 3.05. The molecule has 1 aromatic heterocycles. The van der Waals surface area contributed by atoms with E-state index in [0.717, 1.165) is 0 Å². The van der Waals surface area contributed by atoms with Crippen LogP contribution in [0.4, 0.5) is 14.5 Å². The van der Waals surface area contributed by atoms with Crippen molar-refractivity contribution < 1.29 is 8.78 Å². The first-order valence-corrected chi connectivity index (χ1v) is 4.37. The lowest BCUT2D eigenvalue weighted by Crippen LogP contribution is -1.99. The fourth-order valence-corrected chi connectivity index (χ4v) is 1.70. The van der Waals surface area contributed by atoms with E-state index in [-0.39, 0.29) is 20.0 Å². The van der Waals surface area contributed by atoms with Gasteiger partial charge in [0.25, 0.3) is 6.43 Å². The van der Waals surface area contributed by atoms with Crippen LogP contribution in [0.15, 0.2) is 6.20 Å². The van der Waals surface area contributed by atoms with Crippen molar-refractivity contribution in [2.45, 2.75) is 6.43 Å². The Hall–Kier alpha value is -0.170. The zero-order valence-electron chi connectivity index (χ0n) is 5.69. The molecule has 12 heavy (non-hydrogen) atoms. The molecule has 2 nitrogen and oxygen atoms in total. The van der Waals surface area contributed by atoms with Crippen LogP contribution in [0, 0.1) is 3.57 Å². The van der Waals surface area contributed by atoms with E-state index in [4.69, 9.17) is 17.3 Å². The topological polar surface area (TPSA) is 38.9 Å². The smallest absolute Gasteiger partial charge is 0.267 e. The van der Waals surface area contributed by atoms with Gasteiger partial charge in [-0.3, -0.25) is 0 Å². The maximum atomic E-state index is 12.3. The lowest BCUT2D eigenvalue weighted by atomic mass is 10.3. The Balaban J connectivity index is 3.33. The number of halogens is 4. The molecule has 6 heteroatoms. The highest BCUT2D eigenvalue weighted by Crippen LogP contribution is 2.32. The second-order valence-electron chi connectivity index (χ2n) is 2.03. The molecule has 0 saturated carbocycles. The fourth-order valence-electron chi connectivity index (χ4n) is 0.684. The zero-order chi connectivity index (χ0) is 9.30. The third-order valence-corrected chi connectivity index (χ3v) is 2.75. The van der Waals surface area contributed by atoms with Gasteiger partial charge in [0, 0.05) is 3.57 Å². The van der Waals surface area contributed by atoms with E-state index >= 15 is 0 Å². The number of pyridine rings is 1. The van der Waals surface area contributed by atoms with Gasteiger partial charge in [-0.25, -0.2) is 13.8 Å². The highest BCUT2D eigenvalue weighted by Gasteiger charge is 2.18. The Morgan fingerprint density at radius 1 is 1.58 bits per heavy atom. The maximum absolute atomic E-state index is 12.3. The van der Waals surface area contributed by atoms with Gasteiger partial charge in [-0.2, -0.15) is 0 Å². The lowest BCUT2D eigenvalue weighted by Gasteiger charge is -2.06. The van der Waals surface area contributed by atoms with Crippen LogP contribution < -0.4 is 5.73 Å². The van der Waals surface area contributed by atoms with Crippen molar-refractivity contribution in [3.05, 3.63) is 20.5 Å². The Bertz CT molecular complexity index is 306. The SMILES string of the molecule is Nc1cnc(Cl)c(C(F)F)c1I. The molecule has 0 saturated heterocycles. The van der Waals surface area contributed by atoms with Gasteiger partial charge in [0.05, 0.1) is 17.4 Å². The summed E-state index contributed by atoms with van der Waals surface area (Å²) in [6, 6.07) is 0. The number of anilines is 1. The summed E-state index contributed by atoms with van der Waals surface area (Å²) in [4.78, 5) is 3.52. The number of nitrogen functional groups attached to an aromatic ring is 1. The normalized spacial score (nSPS) is 10.8. The molecule has 2 N–H and O–H groups in total. The molecule has 0 aliphatic carbocycles. The van der Waals surface area contributed by atoms with Crippen molar-refractivity contribution in [3.63, 3.8) is 0 Å². The van der Waals surface area contributed by atoms with Gasteiger partial charge in [0.1, 0.15) is 5.15 Å². The zero-order valence-corrected chi connectivity index (χ0v) is 8.60. The lowest BCUT2D eigenvalue weighted by molar-refractivity contribution is 0.150. The van der Waals surface area contributed by atoms with Crippen LogP contribution in [0.25, 0.3) is 0 Å². The average Bonchev–Trinajstić information content (AvgIpc) is 1.97. The minimum absolute atomic E-state index is 0.191. The van der Waals surface area contributed by atoms with Crippen molar-refractivity contribution >= 4 is 39.9 Å². The van der Waals surface area contributed by atoms with Crippen LogP contribution >= 0.6 is 34.2 Å². The predicted octanol–water partition coefficient (Wildman–Crippen LogP) is 2.86. The van der Waals surface area contributed by atoms with Crippen molar-refractivity contribution in [1.29, 1.82) is 0 Å². The molecule has 0 atom stereocenters. The first kappa shape index (κ1) is 9.91. The molecule has 1 rings (SSSR count). The van der Waals surface area contributed by atoms with Crippen molar-refractivity contribution in [2.75, 3.05) is 5.73 Å². The van der Waals surface area contributed by atoms with Gasteiger partial charge < -0.3 is 5.73 Å². The summed E-state index contributed by atoms with van der Waals surface area (Å²) in [7, 11) is 0. The quantitative estimate of drug-likeness (QED) is 0.640. The summed E-state index contributed by atoms with van der Waals surface area (Å²) < 4.78 is 24.8. The second-order valence-corrected chi connectivity index (χ2v) is 3.47. The van der Waals surface area contributed by atoms with Gasteiger partial charge in [-0.15, -0.1) is 0 Å². The Morgan fingerprint density at radius 2 is 2.17 bits per heavy atom. The van der Waals surface area contributed by atoms with E-state index in [0.29, 0.717) is 0 Å². The van der Waals surface area contributed by atoms with Crippen molar-refractivity contribution in [3.8, 4) is 0 Å². The largest absolute Gasteiger partial charge is 0.397 e. The highest BCUT2D eigenvalue weighted by molar-refractivity contribution is 14.1. The second kappa shape index (κ2) is 3.69. The monoisotopic (exact) mass is 304 g/mol. The number of nitrogens with two attached hydrogens (primary N) is 1. The first-order chi connectivity index (χ1) is 5.54. The van der Waals surface area contributed by atoms with Crippen molar-refractivity contribution in [1.82, 2.24) is 4.98 Å². The van der Waals surface area contributed by atoms with E-state index in [1.165, 1.54) is 6.20 Å². The van der Waals surface area contributed by atoms with E-state index in [9.17, 15) is 8.78 Å². The van der Waals surface area contributed by atoms with E-state index in [1.54, 1.807) is 22.6 Å². The number of nitrogens with zero attached hydrogens (tertiary/aromatic N) is 1. The van der Waals surface area contributed by atoms with Gasteiger partial charge in [0.15, 0.2) is 0 Å². The summed E-state index contributed by atoms with van der Waals surface area (Å²) in [5.41, 5.74) is 5.29. The minimum atomic E-state index is -2.64. The molecule has 0 unspecified atom stereocenters. The Morgan fingerprint density at radius 3 is 2.58 bits per heavy atom. The van der Waals surface area contributed by atoms with Gasteiger partial charge in [0.2, 0.25) is 0 Å². The number of aromatic nitrogens is 1. The molecule has 0 bridgehead atoms. The number of hydrogen-bond donors (Lipinski definition) is 1. The van der Waals surface area contributed by atoms with Crippen LogP contribution in [0.2, 0.25) is 5.15 Å². The molecule has 0 fully saturated rings. The van der Waals surface area contributed by atoms with Gasteiger partial charge in [-0.1, -0.05) is 11.6 Å². The van der Waals surface area contributed by atoms with E-state index in [2.05, 4.69) is 4.98 Å². The van der Waals surface area contributed by atoms with Gasteiger partial charge >= 0.3 is 0 Å². The molecule has 66 valence electrons. The maximum Gasteiger partial charge on any atom is 0.267 e. The predicted molar refractivity (Wildman–Crippen MR) is 51.3 cm³/mol. The summed E-state index contributed by atoms with van der Waals surface area (Å²) in [5.74, 6) is 0. The number of rotatable bonds is 1. The number of alkyl halides is 2. The van der Waals surface area contributed by atoms with Crippen LogP contribution in [-0.4, -0.2) is 4.98 Å². The molecule has 0 amide bonds. The van der Waals surface area contributed by atoms with Crippen LogP contribution in [0.1, 0.15) is 12.0 Å². The molecule has 0 spiro atoms. The molecule has 1 heterocycles. The molecule has 0 aromatic carbocycles. The summed E-state index contributed by atoms with van der Waals surface area (Å²) in [6.45, 7) is 0. The standard InChI is InChI=1S/C6H4ClF2IN2/c7-5-3(6(8)9)4(10)2(11)1-12-5/h1,6H,11H2. The summed E-state index contributed by atoms with van der Waals surface area (Å²) >= 11 is 7.16. The molecule has 0 radical (unpaired) electrons. The minimum Gasteiger partial charge on any atom is -0.397 e. The first-order valence-electron chi connectivity index (χ1n) is 2.91. The summed E-state index contributed by atoms with van der Waals surface area (Å²) in [6.07, 6.45) is -1.38. The third kappa shape index (κ3) is 1.77.